The predicted octanol–water partition coefficient (Wildman–Crippen LogP) is 0.603. The monoisotopic (exact) mass is 292 g/mol. The highest BCUT2D eigenvalue weighted by molar-refractivity contribution is 7.88. The van der Waals surface area contributed by atoms with Crippen LogP contribution in [0.2, 0.25) is 0 Å². The first kappa shape index (κ1) is 14.2. The van der Waals surface area contributed by atoms with Crippen molar-refractivity contribution in [1.29, 1.82) is 5.26 Å². The molecule has 2 rings (SSSR count). The zero-order chi connectivity index (χ0) is 14.4. The van der Waals surface area contributed by atoms with Gasteiger partial charge >= 0.3 is 0 Å². The molecular weight excluding hydrogens is 280 g/mol. The Bertz CT molecular complexity index is 687. The summed E-state index contributed by atoms with van der Waals surface area (Å²) in [5.74, 6) is 0.244. The van der Waals surface area contributed by atoms with Crippen molar-refractivity contribution in [3.63, 3.8) is 0 Å². The number of hydrogen-bond acceptors (Lipinski definition) is 6. The molecule has 0 atom stereocenters. The van der Waals surface area contributed by atoms with Crippen molar-refractivity contribution in [1.82, 2.24) is 14.9 Å². The molecule has 0 radical (unpaired) electrons. The van der Waals surface area contributed by atoms with Gasteiger partial charge in [-0.05, 0) is 17.7 Å². The van der Waals surface area contributed by atoms with Crippen LogP contribution in [0.1, 0.15) is 17.0 Å². The second kappa shape index (κ2) is 6.27. The minimum absolute atomic E-state index is 0.136. The fraction of sp³-hybridized carbons (Fsp3) is 0.250. The van der Waals surface area contributed by atoms with E-state index in [-0.39, 0.29) is 12.3 Å². The molecule has 7 nitrogen and oxygen atoms in total. The van der Waals surface area contributed by atoms with Crippen LogP contribution >= 0.6 is 0 Å². The molecule has 0 saturated heterocycles. The molecule has 8 heteroatoms. The van der Waals surface area contributed by atoms with Crippen molar-refractivity contribution in [3.8, 4) is 6.07 Å². The molecule has 1 heterocycles. The van der Waals surface area contributed by atoms with Crippen LogP contribution in [-0.4, -0.2) is 25.1 Å². The fourth-order valence-electron chi connectivity index (χ4n) is 1.57. The number of sulfonamides is 1. The van der Waals surface area contributed by atoms with E-state index < -0.39 is 10.0 Å². The molecule has 1 N–H and O–H groups in total. The first-order valence-corrected chi connectivity index (χ1v) is 7.46. The Kier molecular flexibility index (Phi) is 4.45. The summed E-state index contributed by atoms with van der Waals surface area (Å²) in [5, 5.41) is 12.1. The lowest BCUT2D eigenvalue weighted by molar-refractivity contribution is 0.377. The summed E-state index contributed by atoms with van der Waals surface area (Å²) in [7, 11) is -3.43. The Labute approximate surface area is 116 Å². The van der Waals surface area contributed by atoms with Crippen LogP contribution < -0.4 is 4.72 Å². The molecule has 0 aliphatic heterocycles. The zero-order valence-corrected chi connectivity index (χ0v) is 11.3. The average Bonchev–Trinajstić information content (AvgIpc) is 2.92. The highest BCUT2D eigenvalue weighted by atomic mass is 32.2. The second-order valence-electron chi connectivity index (χ2n) is 4.05. The van der Waals surface area contributed by atoms with Gasteiger partial charge in [0.25, 0.3) is 0 Å². The number of hydrogen-bond donors (Lipinski definition) is 1. The molecule has 0 bridgehead atoms. The summed E-state index contributed by atoms with van der Waals surface area (Å²) >= 11 is 0. The highest BCUT2D eigenvalue weighted by Crippen LogP contribution is 2.07. The summed E-state index contributed by atoms with van der Waals surface area (Å²) in [5.41, 5.74) is 1.12. The van der Waals surface area contributed by atoms with E-state index in [9.17, 15) is 8.42 Å². The van der Waals surface area contributed by atoms with E-state index in [1.54, 1.807) is 24.3 Å². The average molecular weight is 292 g/mol. The molecule has 1 aromatic heterocycles. The van der Waals surface area contributed by atoms with Crippen LogP contribution in [-0.2, 0) is 22.2 Å². The molecule has 0 aliphatic carbocycles. The Morgan fingerprint density at radius 3 is 2.65 bits per heavy atom. The fourth-order valence-corrected chi connectivity index (χ4v) is 2.71. The molecule has 104 valence electrons. The van der Waals surface area contributed by atoms with Gasteiger partial charge in [-0.1, -0.05) is 17.3 Å². The zero-order valence-electron chi connectivity index (χ0n) is 10.5. The minimum Gasteiger partial charge on any atom is -0.340 e. The third-order valence-corrected chi connectivity index (χ3v) is 3.86. The van der Waals surface area contributed by atoms with Crippen LogP contribution in [0, 0.1) is 11.3 Å². The van der Waals surface area contributed by atoms with Crippen LogP contribution in [0.15, 0.2) is 35.1 Å². The van der Waals surface area contributed by atoms with Gasteiger partial charge in [0.1, 0.15) is 0 Å². The molecule has 0 aliphatic rings. The van der Waals surface area contributed by atoms with Crippen LogP contribution in [0.5, 0.6) is 0 Å². The van der Waals surface area contributed by atoms with Crippen LogP contribution in [0.4, 0.5) is 0 Å². The van der Waals surface area contributed by atoms with Crippen molar-refractivity contribution in [2.24, 2.45) is 0 Å². The topological polar surface area (TPSA) is 109 Å². The number of benzene rings is 1. The van der Waals surface area contributed by atoms with Crippen molar-refractivity contribution in [3.05, 3.63) is 47.6 Å². The summed E-state index contributed by atoms with van der Waals surface area (Å²) in [6.45, 7) is 0.195. The summed E-state index contributed by atoms with van der Waals surface area (Å²) < 4.78 is 30.9. The SMILES string of the molecule is N#Cc1ccc(CS(=O)(=O)NCCc2ncno2)cc1. The van der Waals surface area contributed by atoms with E-state index in [4.69, 9.17) is 9.78 Å². The molecule has 0 amide bonds. The number of nitrogens with one attached hydrogen (secondary N) is 1. The molecule has 0 saturated carbocycles. The van der Waals surface area contributed by atoms with Gasteiger partial charge in [-0.3, -0.25) is 0 Å². The highest BCUT2D eigenvalue weighted by Gasteiger charge is 2.11. The Balaban J connectivity index is 1.88. The maximum absolute atomic E-state index is 11.8. The standard InChI is InChI=1S/C12H12N4O3S/c13-7-10-1-3-11(4-2-10)8-20(17,18)16-6-5-12-14-9-15-19-12/h1-4,9,16H,5-6,8H2. The van der Waals surface area contributed by atoms with Crippen LogP contribution in [0.3, 0.4) is 0 Å². The van der Waals surface area contributed by atoms with Gasteiger partial charge in [-0.2, -0.15) is 10.2 Å². The van der Waals surface area contributed by atoms with Crippen LogP contribution in [0.25, 0.3) is 0 Å². The molecule has 20 heavy (non-hydrogen) atoms. The molecule has 0 unspecified atom stereocenters. The number of aromatic nitrogens is 2. The number of rotatable bonds is 6. The van der Waals surface area contributed by atoms with Crippen molar-refractivity contribution < 1.29 is 12.9 Å². The van der Waals surface area contributed by atoms with E-state index in [2.05, 4.69) is 14.9 Å². The smallest absolute Gasteiger partial charge is 0.227 e. The van der Waals surface area contributed by atoms with E-state index in [0.717, 1.165) is 0 Å². The lowest BCUT2D eigenvalue weighted by Crippen LogP contribution is -2.27. The minimum atomic E-state index is -3.43. The van der Waals surface area contributed by atoms with Crippen molar-refractivity contribution in [2.45, 2.75) is 12.2 Å². The van der Waals surface area contributed by atoms with Gasteiger partial charge in [0.05, 0.1) is 17.4 Å². The third-order valence-electron chi connectivity index (χ3n) is 2.51. The van der Waals surface area contributed by atoms with E-state index in [1.807, 2.05) is 6.07 Å². The molecule has 1 aromatic carbocycles. The normalized spacial score (nSPS) is 11.2. The number of nitriles is 1. The van der Waals surface area contributed by atoms with Gasteiger partial charge in [0.15, 0.2) is 6.33 Å². The largest absolute Gasteiger partial charge is 0.340 e. The van der Waals surface area contributed by atoms with Crippen molar-refractivity contribution >= 4 is 10.0 Å². The van der Waals surface area contributed by atoms with Crippen molar-refractivity contribution in [2.75, 3.05) is 6.54 Å². The van der Waals surface area contributed by atoms with Gasteiger partial charge < -0.3 is 4.52 Å². The Morgan fingerprint density at radius 2 is 2.05 bits per heavy atom. The summed E-state index contributed by atoms with van der Waals surface area (Å²) in [4.78, 5) is 3.80. The Morgan fingerprint density at radius 1 is 1.30 bits per heavy atom. The predicted molar refractivity (Wildman–Crippen MR) is 69.8 cm³/mol. The third kappa shape index (κ3) is 4.15. The first-order chi connectivity index (χ1) is 9.59. The lowest BCUT2D eigenvalue weighted by atomic mass is 10.2. The van der Waals surface area contributed by atoms with E-state index in [0.29, 0.717) is 23.4 Å². The Hall–Kier alpha value is -2.24. The first-order valence-electron chi connectivity index (χ1n) is 5.81. The summed E-state index contributed by atoms with van der Waals surface area (Å²) in [6, 6.07) is 8.39. The van der Waals surface area contributed by atoms with E-state index in [1.165, 1.54) is 6.33 Å². The molecule has 0 spiro atoms. The van der Waals surface area contributed by atoms with Gasteiger partial charge in [0.2, 0.25) is 15.9 Å². The maximum Gasteiger partial charge on any atom is 0.227 e. The van der Waals surface area contributed by atoms with Gasteiger partial charge in [-0.15, -0.1) is 0 Å². The maximum atomic E-state index is 11.8. The summed E-state index contributed by atoms with van der Waals surface area (Å²) in [6.07, 6.45) is 1.60. The lowest BCUT2D eigenvalue weighted by Gasteiger charge is -2.05. The van der Waals surface area contributed by atoms with Gasteiger partial charge in [-0.25, -0.2) is 13.1 Å². The molecule has 2 aromatic rings. The van der Waals surface area contributed by atoms with Gasteiger partial charge in [0, 0.05) is 13.0 Å². The van der Waals surface area contributed by atoms with E-state index >= 15 is 0 Å². The quantitative estimate of drug-likeness (QED) is 0.835. The second-order valence-corrected chi connectivity index (χ2v) is 5.85. The molecular formula is C12H12N4O3S. The number of nitrogens with zero attached hydrogens (tertiary/aromatic N) is 3. The molecule has 0 fully saturated rings.